The maximum absolute atomic E-state index is 12.8. The Morgan fingerprint density at radius 2 is 2.00 bits per heavy atom. The van der Waals surface area contributed by atoms with Gasteiger partial charge in [-0.05, 0) is 48.6 Å². The molecule has 1 aromatic heterocycles. The summed E-state index contributed by atoms with van der Waals surface area (Å²) in [5, 5.41) is 24.9. The monoisotopic (exact) mass is 461 g/mol. The van der Waals surface area contributed by atoms with E-state index in [-0.39, 0.29) is 30.2 Å². The van der Waals surface area contributed by atoms with Gasteiger partial charge in [0.1, 0.15) is 11.3 Å². The number of halogens is 2. The number of benzene rings is 1. The molecule has 1 aromatic carbocycles. The summed E-state index contributed by atoms with van der Waals surface area (Å²) in [6.07, 6.45) is -3.11. The van der Waals surface area contributed by atoms with Gasteiger partial charge in [0.2, 0.25) is 5.90 Å². The van der Waals surface area contributed by atoms with Gasteiger partial charge in [-0.3, -0.25) is 10.4 Å². The van der Waals surface area contributed by atoms with Gasteiger partial charge in [-0.15, -0.1) is 0 Å². The molecule has 0 saturated heterocycles. The van der Waals surface area contributed by atoms with E-state index in [1.54, 1.807) is 7.05 Å². The maximum Gasteiger partial charge on any atom is 0.288 e. The third-order valence-electron chi connectivity index (χ3n) is 5.87. The lowest BCUT2D eigenvalue weighted by atomic mass is 9.76. The van der Waals surface area contributed by atoms with Crippen LogP contribution in [0.2, 0.25) is 0 Å². The number of hydrogen-bond acceptors (Lipinski definition) is 6. The minimum Gasteiger partial charge on any atom is -0.405 e. The number of amidine groups is 1. The second kappa shape index (κ2) is 9.21. The summed E-state index contributed by atoms with van der Waals surface area (Å²) in [5.74, 6) is 0.150. The molecule has 1 heterocycles. The number of aromatic nitrogens is 1. The molecule has 0 aliphatic heterocycles. The lowest BCUT2D eigenvalue weighted by Crippen LogP contribution is -2.59. The first kappa shape index (κ1) is 24.8. The number of fused-ring (bicyclic) bond motifs is 1. The van der Waals surface area contributed by atoms with E-state index >= 15 is 0 Å². The SMILES string of the molecule is CCNc1cc(C(C)(C)C)c2nc(/C(=N/C)OC(=N)N[C@H]3C[C@](O)(C(F)F)C3)cc(C)c2c1. The molecule has 0 bridgehead atoms. The average molecular weight is 462 g/mol. The van der Waals surface area contributed by atoms with Crippen LogP contribution in [0.15, 0.2) is 23.2 Å². The zero-order valence-electron chi connectivity index (χ0n) is 20.0. The van der Waals surface area contributed by atoms with Crippen LogP contribution >= 0.6 is 0 Å². The van der Waals surface area contributed by atoms with Crippen molar-refractivity contribution in [2.75, 3.05) is 18.9 Å². The molecular weight excluding hydrogens is 428 g/mol. The third-order valence-corrected chi connectivity index (χ3v) is 5.87. The lowest BCUT2D eigenvalue weighted by Gasteiger charge is -2.43. The zero-order chi connectivity index (χ0) is 24.6. The molecule has 0 spiro atoms. The second-order valence-electron chi connectivity index (χ2n) is 9.64. The number of ether oxygens (including phenoxy) is 1. The molecule has 180 valence electrons. The van der Waals surface area contributed by atoms with Gasteiger partial charge in [-0.25, -0.2) is 13.8 Å². The number of rotatable bonds is 5. The third kappa shape index (κ3) is 5.24. The van der Waals surface area contributed by atoms with Gasteiger partial charge in [0.05, 0.1) is 5.52 Å². The fourth-order valence-electron chi connectivity index (χ4n) is 4.08. The Hall–Kier alpha value is -2.81. The first-order chi connectivity index (χ1) is 15.4. The molecule has 1 aliphatic rings. The van der Waals surface area contributed by atoms with Gasteiger partial charge in [-0.1, -0.05) is 20.8 Å². The fourth-order valence-corrected chi connectivity index (χ4v) is 4.08. The maximum atomic E-state index is 12.8. The van der Waals surface area contributed by atoms with Crippen molar-refractivity contribution in [3.63, 3.8) is 0 Å². The van der Waals surface area contributed by atoms with Gasteiger partial charge in [-0.2, -0.15) is 0 Å². The van der Waals surface area contributed by atoms with Crippen molar-refractivity contribution in [2.24, 2.45) is 4.99 Å². The first-order valence-corrected chi connectivity index (χ1v) is 11.1. The van der Waals surface area contributed by atoms with E-state index in [1.165, 1.54) is 0 Å². The number of pyridine rings is 1. The summed E-state index contributed by atoms with van der Waals surface area (Å²) in [6.45, 7) is 11.2. The average Bonchev–Trinajstić information content (AvgIpc) is 2.70. The molecule has 9 heteroatoms. The Morgan fingerprint density at radius 1 is 1.33 bits per heavy atom. The molecule has 1 aliphatic carbocycles. The Balaban J connectivity index is 1.87. The van der Waals surface area contributed by atoms with Crippen LogP contribution in [0.4, 0.5) is 14.5 Å². The molecule has 1 fully saturated rings. The van der Waals surface area contributed by atoms with Crippen LogP contribution in [0.25, 0.3) is 10.9 Å². The normalized spacial score (nSPS) is 21.2. The van der Waals surface area contributed by atoms with Crippen LogP contribution in [0.3, 0.4) is 0 Å². The van der Waals surface area contributed by atoms with Crippen molar-refractivity contribution in [3.8, 4) is 0 Å². The van der Waals surface area contributed by atoms with E-state index < -0.39 is 18.1 Å². The van der Waals surface area contributed by atoms with Gasteiger partial charge in [0.15, 0.2) is 0 Å². The molecule has 3 rings (SSSR count). The highest BCUT2D eigenvalue weighted by atomic mass is 19.3. The number of nitrogens with zero attached hydrogens (tertiary/aromatic N) is 2. The van der Waals surface area contributed by atoms with E-state index in [4.69, 9.17) is 15.1 Å². The summed E-state index contributed by atoms with van der Waals surface area (Å²) in [6, 6.07) is 5.26. The molecular formula is C24H33F2N5O2. The number of nitrogens with one attached hydrogen (secondary N) is 3. The number of aryl methyl sites for hydroxylation is 1. The first-order valence-electron chi connectivity index (χ1n) is 11.1. The van der Waals surface area contributed by atoms with Gasteiger partial charge in [0, 0.05) is 43.5 Å². The van der Waals surface area contributed by atoms with Gasteiger partial charge < -0.3 is 20.5 Å². The number of anilines is 1. The Morgan fingerprint density at radius 3 is 2.55 bits per heavy atom. The lowest BCUT2D eigenvalue weighted by molar-refractivity contribution is -0.154. The van der Waals surface area contributed by atoms with Gasteiger partial charge >= 0.3 is 0 Å². The Labute approximate surface area is 193 Å². The minimum absolute atomic E-state index is 0.147. The Kier molecular flexibility index (Phi) is 6.93. The molecule has 0 unspecified atom stereocenters. The highest BCUT2D eigenvalue weighted by molar-refractivity contribution is 6.02. The predicted molar refractivity (Wildman–Crippen MR) is 128 cm³/mol. The van der Waals surface area contributed by atoms with E-state index in [0.29, 0.717) is 5.69 Å². The summed E-state index contributed by atoms with van der Waals surface area (Å²) in [7, 11) is 1.54. The molecule has 7 nitrogen and oxygen atoms in total. The number of aliphatic imine (C=N–C) groups is 1. The quantitative estimate of drug-likeness (QED) is 0.392. The van der Waals surface area contributed by atoms with Crippen LogP contribution in [-0.4, -0.2) is 53.7 Å². The molecule has 0 amide bonds. The molecule has 4 N–H and O–H groups in total. The van der Waals surface area contributed by atoms with Gasteiger partial charge in [0.25, 0.3) is 12.4 Å². The Bertz CT molecular complexity index is 1070. The molecule has 0 atom stereocenters. The van der Waals surface area contributed by atoms with Crippen LogP contribution in [-0.2, 0) is 10.2 Å². The van der Waals surface area contributed by atoms with E-state index in [2.05, 4.69) is 55.5 Å². The highest BCUT2D eigenvalue weighted by Gasteiger charge is 2.50. The summed E-state index contributed by atoms with van der Waals surface area (Å²) in [4.78, 5) is 9.00. The highest BCUT2D eigenvalue weighted by Crippen LogP contribution is 2.37. The fraction of sp³-hybridized carbons (Fsp3) is 0.542. The standard InChI is InChI=1S/C24H33F2N5O2/c1-7-29-14-9-16-13(2)8-18(31-19(16)17(10-14)23(3,4)5)20(28-6)33-22(27)30-15-11-24(32,12-15)21(25)26/h8-10,15,21,29,32H,7,11-12H2,1-6H3,(H2,27,30)/b28-20-/t15-,24+. The van der Waals surface area contributed by atoms with Crippen LogP contribution in [0, 0.1) is 12.3 Å². The van der Waals surface area contributed by atoms with E-state index in [1.807, 2.05) is 13.0 Å². The number of alkyl halides is 2. The van der Waals surface area contributed by atoms with Crippen molar-refractivity contribution < 1.29 is 18.6 Å². The molecule has 33 heavy (non-hydrogen) atoms. The topological polar surface area (TPSA) is 103 Å². The summed E-state index contributed by atoms with van der Waals surface area (Å²) < 4.78 is 31.2. The summed E-state index contributed by atoms with van der Waals surface area (Å²) >= 11 is 0. The molecule has 2 aromatic rings. The van der Waals surface area contributed by atoms with Crippen LogP contribution in [0.5, 0.6) is 0 Å². The second-order valence-corrected chi connectivity index (χ2v) is 9.64. The molecule has 0 radical (unpaired) electrons. The van der Waals surface area contributed by atoms with Crippen molar-refractivity contribution in [3.05, 3.63) is 35.0 Å². The smallest absolute Gasteiger partial charge is 0.288 e. The van der Waals surface area contributed by atoms with Crippen molar-refractivity contribution in [1.29, 1.82) is 5.41 Å². The number of aliphatic hydroxyl groups is 1. The van der Waals surface area contributed by atoms with Crippen molar-refractivity contribution in [2.45, 2.75) is 70.9 Å². The zero-order valence-corrected chi connectivity index (χ0v) is 20.0. The number of hydrogen-bond donors (Lipinski definition) is 4. The van der Waals surface area contributed by atoms with Crippen LogP contribution < -0.4 is 10.6 Å². The largest absolute Gasteiger partial charge is 0.405 e. The van der Waals surface area contributed by atoms with E-state index in [9.17, 15) is 13.9 Å². The van der Waals surface area contributed by atoms with Crippen LogP contribution in [0.1, 0.15) is 57.4 Å². The van der Waals surface area contributed by atoms with Crippen molar-refractivity contribution >= 4 is 28.5 Å². The predicted octanol–water partition coefficient (Wildman–Crippen LogP) is 4.35. The molecule has 1 saturated carbocycles. The summed E-state index contributed by atoms with van der Waals surface area (Å²) in [5.41, 5.74) is 2.26. The van der Waals surface area contributed by atoms with E-state index in [0.717, 1.165) is 34.3 Å². The van der Waals surface area contributed by atoms with Crippen molar-refractivity contribution in [1.82, 2.24) is 10.3 Å². The minimum atomic E-state index is -2.81.